The third kappa shape index (κ3) is 2.65. The van der Waals surface area contributed by atoms with Crippen LogP contribution >= 0.6 is 24.0 Å². The molecule has 3 nitrogen and oxygen atoms in total. The van der Waals surface area contributed by atoms with E-state index in [-0.39, 0.29) is 0 Å². The topological polar surface area (TPSA) is 42.1 Å². The van der Waals surface area contributed by atoms with Crippen LogP contribution in [-0.4, -0.2) is 34.6 Å². The van der Waals surface area contributed by atoms with E-state index in [9.17, 15) is 0 Å². The Hall–Kier alpha value is -0.810. The summed E-state index contributed by atoms with van der Waals surface area (Å²) in [5.74, 6) is 3.32. The molecule has 0 spiro atoms. The van der Waals surface area contributed by atoms with E-state index in [4.69, 9.17) is 18.0 Å². The maximum absolute atomic E-state index is 5.72. The second-order valence-corrected chi connectivity index (χ2v) is 5.36. The Bertz CT molecular complexity index is 373. The number of pyridine rings is 1. The summed E-state index contributed by atoms with van der Waals surface area (Å²) in [5, 5.41) is 0. The van der Waals surface area contributed by atoms with Gasteiger partial charge in [0.15, 0.2) is 0 Å². The minimum Gasteiger partial charge on any atom is -0.389 e. The molecule has 0 amide bonds. The Morgan fingerprint density at radius 2 is 2.31 bits per heavy atom. The number of nitrogens with zero attached hydrogens (tertiary/aromatic N) is 2. The number of thioether (sulfide) groups is 1. The van der Waals surface area contributed by atoms with Crippen LogP contribution < -0.4 is 10.6 Å². The second kappa shape index (κ2) is 5.50. The summed E-state index contributed by atoms with van der Waals surface area (Å²) in [4.78, 5) is 7.13. The number of anilines is 1. The molecule has 2 heterocycles. The molecule has 0 unspecified atom stereocenters. The van der Waals surface area contributed by atoms with Crippen molar-refractivity contribution in [1.82, 2.24) is 4.98 Å². The quantitative estimate of drug-likeness (QED) is 0.812. The first-order valence-electron chi connectivity index (χ1n) is 5.36. The molecular formula is C11H15N3S2. The van der Waals surface area contributed by atoms with Crippen LogP contribution in [0.15, 0.2) is 18.3 Å². The lowest BCUT2D eigenvalue weighted by atomic mass is 10.2. The summed E-state index contributed by atoms with van der Waals surface area (Å²) in [7, 11) is 0. The summed E-state index contributed by atoms with van der Waals surface area (Å²) >= 11 is 7.05. The van der Waals surface area contributed by atoms with Crippen LogP contribution in [-0.2, 0) is 0 Å². The molecule has 86 valence electrons. The van der Waals surface area contributed by atoms with Gasteiger partial charge in [-0.05, 0) is 24.3 Å². The highest BCUT2D eigenvalue weighted by Gasteiger charge is 2.15. The number of aromatic nitrogens is 1. The van der Waals surface area contributed by atoms with Gasteiger partial charge in [0.25, 0.3) is 0 Å². The maximum atomic E-state index is 5.72. The van der Waals surface area contributed by atoms with Gasteiger partial charge >= 0.3 is 0 Å². The van der Waals surface area contributed by atoms with Crippen molar-refractivity contribution in [2.75, 3.05) is 29.5 Å². The van der Waals surface area contributed by atoms with E-state index in [1.54, 1.807) is 6.20 Å². The molecule has 0 radical (unpaired) electrons. The molecule has 0 saturated carbocycles. The third-order valence-corrected chi connectivity index (χ3v) is 3.84. The molecule has 0 aliphatic carbocycles. The predicted octanol–water partition coefficient (Wildman–Crippen LogP) is 1.66. The summed E-state index contributed by atoms with van der Waals surface area (Å²) in [5.41, 5.74) is 6.61. The lowest BCUT2D eigenvalue weighted by molar-refractivity contribution is 0.800. The number of hydrogen-bond acceptors (Lipinski definition) is 4. The van der Waals surface area contributed by atoms with Gasteiger partial charge in [-0.1, -0.05) is 12.2 Å². The average molecular weight is 253 g/mol. The maximum Gasteiger partial charge on any atom is 0.138 e. The molecule has 1 aromatic heterocycles. The fourth-order valence-electron chi connectivity index (χ4n) is 1.80. The highest BCUT2D eigenvalue weighted by atomic mass is 32.2. The van der Waals surface area contributed by atoms with Crippen molar-refractivity contribution in [3.63, 3.8) is 0 Å². The summed E-state index contributed by atoms with van der Waals surface area (Å²) in [6, 6.07) is 3.83. The molecule has 0 atom stereocenters. The van der Waals surface area contributed by atoms with Gasteiger partial charge in [-0.25, -0.2) is 4.98 Å². The largest absolute Gasteiger partial charge is 0.389 e. The van der Waals surface area contributed by atoms with Gasteiger partial charge < -0.3 is 10.6 Å². The lowest BCUT2D eigenvalue weighted by Crippen LogP contribution is -2.29. The molecule has 1 saturated heterocycles. The van der Waals surface area contributed by atoms with E-state index in [0.717, 1.165) is 30.2 Å². The molecule has 16 heavy (non-hydrogen) atoms. The van der Waals surface area contributed by atoms with E-state index in [0.29, 0.717) is 4.99 Å². The van der Waals surface area contributed by atoms with Crippen LogP contribution in [0.3, 0.4) is 0 Å². The molecule has 1 aliphatic heterocycles. The van der Waals surface area contributed by atoms with Crippen molar-refractivity contribution in [1.29, 1.82) is 0 Å². The van der Waals surface area contributed by atoms with Gasteiger partial charge in [0, 0.05) is 25.0 Å². The predicted molar refractivity (Wildman–Crippen MR) is 74.3 cm³/mol. The summed E-state index contributed by atoms with van der Waals surface area (Å²) in [6.07, 6.45) is 2.99. The Kier molecular flexibility index (Phi) is 4.01. The Balaban J connectivity index is 2.27. The van der Waals surface area contributed by atoms with Gasteiger partial charge in [0.2, 0.25) is 0 Å². The SMILES string of the molecule is NC(=S)c1cccnc1N1CCCSCC1. The molecule has 1 aliphatic rings. The van der Waals surface area contributed by atoms with Gasteiger partial charge in [0.1, 0.15) is 10.8 Å². The second-order valence-electron chi connectivity index (χ2n) is 3.69. The standard InChI is InChI=1S/C11H15N3S2/c12-10(15)9-3-1-4-13-11(9)14-5-2-7-16-8-6-14/h1,3-4H,2,5-8H2,(H2,12,15). The highest BCUT2D eigenvalue weighted by Crippen LogP contribution is 2.20. The van der Waals surface area contributed by atoms with Gasteiger partial charge in [0.05, 0.1) is 5.56 Å². The summed E-state index contributed by atoms with van der Waals surface area (Å²) in [6.45, 7) is 2.07. The van der Waals surface area contributed by atoms with Crippen LogP contribution in [0.1, 0.15) is 12.0 Å². The van der Waals surface area contributed by atoms with Crippen molar-refractivity contribution in [2.24, 2.45) is 5.73 Å². The first-order valence-corrected chi connectivity index (χ1v) is 6.93. The van der Waals surface area contributed by atoms with Crippen molar-refractivity contribution in [3.05, 3.63) is 23.9 Å². The van der Waals surface area contributed by atoms with Crippen molar-refractivity contribution in [2.45, 2.75) is 6.42 Å². The number of nitrogens with two attached hydrogens (primary N) is 1. The number of thiocarbonyl (C=S) groups is 1. The first-order chi connectivity index (χ1) is 7.79. The molecular weight excluding hydrogens is 238 g/mol. The molecule has 5 heteroatoms. The van der Waals surface area contributed by atoms with E-state index in [2.05, 4.69) is 9.88 Å². The highest BCUT2D eigenvalue weighted by molar-refractivity contribution is 7.99. The molecule has 2 rings (SSSR count). The summed E-state index contributed by atoms with van der Waals surface area (Å²) < 4.78 is 0. The smallest absolute Gasteiger partial charge is 0.138 e. The molecule has 2 N–H and O–H groups in total. The van der Waals surface area contributed by atoms with Crippen molar-refractivity contribution < 1.29 is 0 Å². The van der Waals surface area contributed by atoms with E-state index < -0.39 is 0 Å². The lowest BCUT2D eigenvalue weighted by Gasteiger charge is -2.23. The zero-order valence-corrected chi connectivity index (χ0v) is 10.7. The monoisotopic (exact) mass is 253 g/mol. The van der Waals surface area contributed by atoms with E-state index >= 15 is 0 Å². The minimum atomic E-state index is 0.431. The Labute approximate surface area is 105 Å². The van der Waals surface area contributed by atoms with E-state index in [1.165, 1.54) is 12.2 Å². The fraction of sp³-hybridized carbons (Fsp3) is 0.455. The molecule has 1 aromatic rings. The van der Waals surface area contributed by atoms with Crippen LogP contribution in [0.25, 0.3) is 0 Å². The Morgan fingerprint density at radius 3 is 3.12 bits per heavy atom. The van der Waals surface area contributed by atoms with Crippen LogP contribution in [0, 0.1) is 0 Å². The van der Waals surface area contributed by atoms with Gasteiger partial charge in [-0.15, -0.1) is 0 Å². The zero-order valence-electron chi connectivity index (χ0n) is 9.06. The normalized spacial score (nSPS) is 16.9. The average Bonchev–Trinajstić information content (AvgIpc) is 2.57. The number of rotatable bonds is 2. The minimum absolute atomic E-state index is 0.431. The zero-order chi connectivity index (χ0) is 11.4. The third-order valence-electron chi connectivity index (χ3n) is 2.57. The number of hydrogen-bond donors (Lipinski definition) is 1. The van der Waals surface area contributed by atoms with Gasteiger partial charge in [-0.2, -0.15) is 11.8 Å². The fourth-order valence-corrected chi connectivity index (χ4v) is 2.85. The van der Waals surface area contributed by atoms with Crippen LogP contribution in [0.5, 0.6) is 0 Å². The van der Waals surface area contributed by atoms with E-state index in [1.807, 2.05) is 23.9 Å². The van der Waals surface area contributed by atoms with Crippen molar-refractivity contribution >= 4 is 34.8 Å². The molecule has 0 aromatic carbocycles. The Morgan fingerprint density at radius 1 is 1.44 bits per heavy atom. The van der Waals surface area contributed by atoms with Crippen LogP contribution in [0.2, 0.25) is 0 Å². The first kappa shape index (κ1) is 11.7. The van der Waals surface area contributed by atoms with Crippen LogP contribution in [0.4, 0.5) is 5.82 Å². The van der Waals surface area contributed by atoms with Crippen molar-refractivity contribution in [3.8, 4) is 0 Å². The molecule has 0 bridgehead atoms. The van der Waals surface area contributed by atoms with Gasteiger partial charge in [-0.3, -0.25) is 0 Å². The molecule has 1 fully saturated rings.